The molecule has 0 fully saturated rings. The minimum Gasteiger partial charge on any atom is -0.488 e. The maximum Gasteiger partial charge on any atom is 0.255 e. The lowest BCUT2D eigenvalue weighted by atomic mass is 10.0. The number of hydrogen-bond donors (Lipinski definition) is 1. The molecule has 0 aromatic heterocycles. The lowest BCUT2D eigenvalue weighted by Gasteiger charge is -2.17. The number of rotatable bonds is 7. The Bertz CT molecular complexity index is 872. The number of para-hydroxylation sites is 1. The third-order valence-electron chi connectivity index (χ3n) is 4.60. The van der Waals surface area contributed by atoms with Gasteiger partial charge in [-0.15, -0.1) is 0 Å². The van der Waals surface area contributed by atoms with Gasteiger partial charge in [-0.3, -0.25) is 4.79 Å². The van der Waals surface area contributed by atoms with Crippen molar-refractivity contribution in [1.82, 2.24) is 5.32 Å². The second kappa shape index (κ2) is 9.04. The van der Waals surface area contributed by atoms with E-state index in [1.807, 2.05) is 55.5 Å². The first kappa shape index (κ1) is 18.7. The van der Waals surface area contributed by atoms with E-state index in [2.05, 4.69) is 36.5 Å². The van der Waals surface area contributed by atoms with Crippen LogP contribution in [0.15, 0.2) is 78.9 Å². The van der Waals surface area contributed by atoms with Crippen LogP contribution in [-0.2, 0) is 13.0 Å². The van der Waals surface area contributed by atoms with Crippen LogP contribution in [0.1, 0.15) is 46.9 Å². The van der Waals surface area contributed by atoms with Gasteiger partial charge >= 0.3 is 0 Å². The van der Waals surface area contributed by atoms with Crippen molar-refractivity contribution in [1.29, 1.82) is 0 Å². The zero-order chi connectivity index (χ0) is 19.1. The summed E-state index contributed by atoms with van der Waals surface area (Å²) < 4.78 is 5.90. The zero-order valence-electron chi connectivity index (χ0n) is 15.8. The molecular formula is C24H25NO2. The fourth-order valence-electron chi connectivity index (χ4n) is 2.92. The maximum atomic E-state index is 12.8. The molecule has 1 amide bonds. The summed E-state index contributed by atoms with van der Waals surface area (Å²) in [7, 11) is 0. The van der Waals surface area contributed by atoms with Gasteiger partial charge in [-0.25, -0.2) is 0 Å². The van der Waals surface area contributed by atoms with Crippen LogP contribution < -0.4 is 10.1 Å². The molecule has 3 rings (SSSR count). The molecule has 1 atom stereocenters. The standard InChI is InChI=1S/C24H25NO2/c1-3-19-13-15-21(16-14-19)18(2)25-24(26)22-11-7-8-12-23(22)27-17-20-9-5-4-6-10-20/h4-16,18H,3,17H2,1-2H3,(H,25,26)/t18-/m1/s1. The molecule has 3 aromatic carbocycles. The highest BCUT2D eigenvalue weighted by molar-refractivity contribution is 5.97. The lowest BCUT2D eigenvalue weighted by Crippen LogP contribution is -2.27. The van der Waals surface area contributed by atoms with E-state index in [1.54, 1.807) is 6.07 Å². The molecule has 27 heavy (non-hydrogen) atoms. The molecule has 0 aliphatic heterocycles. The average Bonchev–Trinajstić information content (AvgIpc) is 2.73. The number of nitrogens with one attached hydrogen (secondary N) is 1. The van der Waals surface area contributed by atoms with Crippen LogP contribution in [0.4, 0.5) is 0 Å². The summed E-state index contributed by atoms with van der Waals surface area (Å²) in [6.07, 6.45) is 1.01. The highest BCUT2D eigenvalue weighted by Crippen LogP contribution is 2.21. The van der Waals surface area contributed by atoms with Crippen molar-refractivity contribution in [3.05, 3.63) is 101 Å². The number of aryl methyl sites for hydroxylation is 1. The number of amides is 1. The van der Waals surface area contributed by atoms with Crippen molar-refractivity contribution < 1.29 is 9.53 Å². The van der Waals surface area contributed by atoms with Gasteiger partial charge in [0, 0.05) is 0 Å². The van der Waals surface area contributed by atoms with E-state index in [0.717, 1.165) is 17.5 Å². The van der Waals surface area contributed by atoms with Gasteiger partial charge < -0.3 is 10.1 Å². The Labute approximate surface area is 161 Å². The third kappa shape index (κ3) is 4.98. The Morgan fingerprint density at radius 2 is 1.56 bits per heavy atom. The molecule has 3 aromatic rings. The van der Waals surface area contributed by atoms with Crippen LogP contribution >= 0.6 is 0 Å². The van der Waals surface area contributed by atoms with Crippen LogP contribution in [0, 0.1) is 0 Å². The predicted molar refractivity (Wildman–Crippen MR) is 109 cm³/mol. The number of carbonyl (C=O) groups excluding carboxylic acids is 1. The highest BCUT2D eigenvalue weighted by Gasteiger charge is 2.15. The Balaban J connectivity index is 1.68. The first-order chi connectivity index (χ1) is 13.2. The predicted octanol–water partition coefficient (Wildman–Crippen LogP) is 5.32. The van der Waals surface area contributed by atoms with E-state index in [-0.39, 0.29) is 11.9 Å². The smallest absolute Gasteiger partial charge is 0.255 e. The SMILES string of the molecule is CCc1ccc([C@@H](C)NC(=O)c2ccccc2OCc2ccccc2)cc1. The Morgan fingerprint density at radius 3 is 2.26 bits per heavy atom. The fraction of sp³-hybridized carbons (Fsp3) is 0.208. The minimum atomic E-state index is -0.134. The summed E-state index contributed by atoms with van der Waals surface area (Å²) in [5, 5.41) is 3.07. The van der Waals surface area contributed by atoms with Gasteiger partial charge in [0.1, 0.15) is 12.4 Å². The topological polar surface area (TPSA) is 38.3 Å². The molecule has 0 heterocycles. The minimum absolute atomic E-state index is 0.0782. The average molecular weight is 359 g/mol. The van der Waals surface area contributed by atoms with Crippen LogP contribution in [-0.4, -0.2) is 5.91 Å². The van der Waals surface area contributed by atoms with Gasteiger partial charge in [0.15, 0.2) is 0 Å². The normalized spacial score (nSPS) is 11.6. The molecule has 0 aliphatic rings. The highest BCUT2D eigenvalue weighted by atomic mass is 16.5. The Morgan fingerprint density at radius 1 is 0.889 bits per heavy atom. The van der Waals surface area contributed by atoms with Crippen molar-refractivity contribution in [3.63, 3.8) is 0 Å². The largest absolute Gasteiger partial charge is 0.488 e. The summed E-state index contributed by atoms with van der Waals surface area (Å²) in [4.78, 5) is 12.8. The van der Waals surface area contributed by atoms with Gasteiger partial charge in [-0.1, -0.05) is 73.7 Å². The zero-order valence-corrected chi connectivity index (χ0v) is 15.8. The first-order valence-electron chi connectivity index (χ1n) is 9.33. The first-order valence-corrected chi connectivity index (χ1v) is 9.33. The van der Waals surface area contributed by atoms with Crippen molar-refractivity contribution in [3.8, 4) is 5.75 Å². The number of ether oxygens (including phenoxy) is 1. The monoisotopic (exact) mass is 359 g/mol. The van der Waals surface area contributed by atoms with E-state index in [9.17, 15) is 4.79 Å². The summed E-state index contributed by atoms with van der Waals surface area (Å²) in [6.45, 7) is 4.55. The van der Waals surface area contributed by atoms with E-state index in [0.29, 0.717) is 17.9 Å². The molecule has 1 N–H and O–H groups in total. The van der Waals surface area contributed by atoms with Gasteiger partial charge in [-0.2, -0.15) is 0 Å². The van der Waals surface area contributed by atoms with Gasteiger partial charge in [0.2, 0.25) is 0 Å². The van der Waals surface area contributed by atoms with Crippen LogP contribution in [0.5, 0.6) is 5.75 Å². The second-order valence-corrected chi connectivity index (χ2v) is 6.56. The van der Waals surface area contributed by atoms with Gasteiger partial charge in [0.05, 0.1) is 11.6 Å². The van der Waals surface area contributed by atoms with Crippen LogP contribution in [0.25, 0.3) is 0 Å². The summed E-state index contributed by atoms with van der Waals surface area (Å²) in [6, 6.07) is 25.6. The third-order valence-corrected chi connectivity index (χ3v) is 4.60. The van der Waals surface area contributed by atoms with E-state index in [1.165, 1.54) is 5.56 Å². The lowest BCUT2D eigenvalue weighted by molar-refractivity contribution is 0.0935. The van der Waals surface area contributed by atoms with E-state index < -0.39 is 0 Å². The summed E-state index contributed by atoms with van der Waals surface area (Å²) in [5.74, 6) is 0.457. The fourth-order valence-corrected chi connectivity index (χ4v) is 2.92. The molecule has 0 radical (unpaired) electrons. The maximum absolute atomic E-state index is 12.8. The summed E-state index contributed by atoms with van der Waals surface area (Å²) >= 11 is 0. The quantitative estimate of drug-likeness (QED) is 0.620. The van der Waals surface area contributed by atoms with Crippen LogP contribution in [0.3, 0.4) is 0 Å². The molecule has 0 saturated heterocycles. The Hall–Kier alpha value is -3.07. The number of carbonyl (C=O) groups is 1. The molecular weight excluding hydrogens is 334 g/mol. The number of benzene rings is 3. The Kier molecular flexibility index (Phi) is 6.26. The molecule has 0 unspecified atom stereocenters. The van der Waals surface area contributed by atoms with Gasteiger partial charge in [0.25, 0.3) is 5.91 Å². The second-order valence-electron chi connectivity index (χ2n) is 6.56. The van der Waals surface area contributed by atoms with E-state index >= 15 is 0 Å². The molecule has 138 valence electrons. The van der Waals surface area contributed by atoms with Gasteiger partial charge in [-0.05, 0) is 42.2 Å². The molecule has 0 spiro atoms. The van der Waals surface area contributed by atoms with Crippen molar-refractivity contribution in [2.24, 2.45) is 0 Å². The van der Waals surface area contributed by atoms with E-state index in [4.69, 9.17) is 4.74 Å². The molecule has 0 bridgehead atoms. The molecule has 3 heteroatoms. The van der Waals surface area contributed by atoms with Crippen molar-refractivity contribution in [2.45, 2.75) is 32.9 Å². The van der Waals surface area contributed by atoms with Crippen molar-refractivity contribution in [2.75, 3.05) is 0 Å². The summed E-state index contributed by atoms with van der Waals surface area (Å²) in [5.41, 5.74) is 3.99. The van der Waals surface area contributed by atoms with Crippen molar-refractivity contribution >= 4 is 5.91 Å². The number of hydrogen-bond acceptors (Lipinski definition) is 2. The van der Waals surface area contributed by atoms with Crippen LogP contribution in [0.2, 0.25) is 0 Å². The molecule has 3 nitrogen and oxygen atoms in total. The molecule has 0 aliphatic carbocycles. The molecule has 0 saturated carbocycles.